The Kier molecular flexibility index (Phi) is 3.87. The molecule has 4 nitrogen and oxygen atoms in total. The number of hydrogen-bond donors (Lipinski definition) is 0. The highest BCUT2D eigenvalue weighted by Gasteiger charge is 2.38. The predicted molar refractivity (Wildman–Crippen MR) is 89.3 cm³/mol. The fourth-order valence-corrected chi connectivity index (χ4v) is 3.40. The van der Waals surface area contributed by atoms with Gasteiger partial charge in [0.25, 0.3) is 0 Å². The van der Waals surface area contributed by atoms with Gasteiger partial charge in [-0.25, -0.2) is 9.97 Å². The second-order valence-corrected chi connectivity index (χ2v) is 7.80. The van der Waals surface area contributed by atoms with Crippen molar-refractivity contribution in [2.75, 3.05) is 6.61 Å². The molecule has 0 atom stereocenters. The molecule has 2 heterocycles. The van der Waals surface area contributed by atoms with Crippen molar-refractivity contribution in [3.63, 3.8) is 0 Å². The van der Waals surface area contributed by atoms with E-state index >= 15 is 0 Å². The Labute approximate surface area is 132 Å². The SMILES string of the molecule is Cc1nc2cc(OCCC(C)C)cnc2n1C1CC(C)(C)C1. The number of fused-ring (bicyclic) bond motifs is 1. The van der Waals surface area contributed by atoms with E-state index < -0.39 is 0 Å². The topological polar surface area (TPSA) is 39.9 Å². The number of rotatable bonds is 5. The van der Waals surface area contributed by atoms with Gasteiger partial charge in [0.15, 0.2) is 5.65 Å². The molecule has 0 N–H and O–H groups in total. The van der Waals surface area contributed by atoms with Crippen LogP contribution in [0.25, 0.3) is 11.2 Å². The number of pyridine rings is 1. The zero-order chi connectivity index (χ0) is 15.9. The molecule has 0 aromatic carbocycles. The molecule has 0 unspecified atom stereocenters. The van der Waals surface area contributed by atoms with Crippen LogP contribution in [0.15, 0.2) is 12.3 Å². The average molecular weight is 301 g/mol. The molecular formula is C18H27N3O. The van der Waals surface area contributed by atoms with Crippen LogP contribution in [0, 0.1) is 18.3 Å². The first-order valence-electron chi connectivity index (χ1n) is 8.33. The molecule has 0 bridgehead atoms. The van der Waals surface area contributed by atoms with Crippen molar-refractivity contribution in [2.24, 2.45) is 11.3 Å². The Morgan fingerprint density at radius 1 is 1.36 bits per heavy atom. The third-order valence-corrected chi connectivity index (χ3v) is 4.59. The second-order valence-electron chi connectivity index (χ2n) is 7.80. The van der Waals surface area contributed by atoms with E-state index in [1.54, 1.807) is 0 Å². The number of aryl methyl sites for hydroxylation is 1. The summed E-state index contributed by atoms with van der Waals surface area (Å²) in [5.41, 5.74) is 2.40. The number of nitrogens with zero attached hydrogens (tertiary/aromatic N) is 3. The number of hydrogen-bond acceptors (Lipinski definition) is 3. The molecule has 120 valence electrons. The Morgan fingerprint density at radius 2 is 2.09 bits per heavy atom. The number of ether oxygens (including phenoxy) is 1. The number of aromatic nitrogens is 3. The highest BCUT2D eigenvalue weighted by molar-refractivity contribution is 5.73. The van der Waals surface area contributed by atoms with Crippen LogP contribution in [0.3, 0.4) is 0 Å². The fraction of sp³-hybridized carbons (Fsp3) is 0.667. The van der Waals surface area contributed by atoms with Gasteiger partial charge >= 0.3 is 0 Å². The van der Waals surface area contributed by atoms with E-state index in [4.69, 9.17) is 4.74 Å². The van der Waals surface area contributed by atoms with Gasteiger partial charge in [-0.05, 0) is 37.5 Å². The largest absolute Gasteiger partial charge is 0.492 e. The van der Waals surface area contributed by atoms with Crippen LogP contribution in [0.1, 0.15) is 58.8 Å². The summed E-state index contributed by atoms with van der Waals surface area (Å²) in [6.07, 6.45) is 5.30. The summed E-state index contributed by atoms with van der Waals surface area (Å²) >= 11 is 0. The van der Waals surface area contributed by atoms with E-state index in [9.17, 15) is 0 Å². The van der Waals surface area contributed by atoms with E-state index in [0.717, 1.165) is 35.8 Å². The predicted octanol–water partition coefficient (Wildman–Crippen LogP) is 4.53. The van der Waals surface area contributed by atoms with Gasteiger partial charge in [-0.2, -0.15) is 0 Å². The van der Waals surface area contributed by atoms with Gasteiger partial charge in [0, 0.05) is 12.1 Å². The van der Waals surface area contributed by atoms with E-state index in [1.165, 1.54) is 12.8 Å². The zero-order valence-corrected chi connectivity index (χ0v) is 14.4. The highest BCUT2D eigenvalue weighted by Crippen LogP contribution is 2.48. The van der Waals surface area contributed by atoms with Crippen LogP contribution in [0.5, 0.6) is 5.75 Å². The first-order chi connectivity index (χ1) is 10.4. The molecule has 22 heavy (non-hydrogen) atoms. The minimum Gasteiger partial charge on any atom is -0.492 e. The maximum Gasteiger partial charge on any atom is 0.160 e. The lowest BCUT2D eigenvalue weighted by atomic mass is 9.68. The minimum atomic E-state index is 0.452. The molecule has 0 amide bonds. The Morgan fingerprint density at radius 3 is 2.73 bits per heavy atom. The van der Waals surface area contributed by atoms with Crippen LogP contribution < -0.4 is 4.74 Å². The fourth-order valence-electron chi connectivity index (χ4n) is 3.40. The first kappa shape index (κ1) is 15.3. The maximum atomic E-state index is 5.80. The van der Waals surface area contributed by atoms with Crippen LogP contribution >= 0.6 is 0 Å². The van der Waals surface area contributed by atoms with Gasteiger partial charge in [-0.3, -0.25) is 0 Å². The molecule has 0 radical (unpaired) electrons. The van der Waals surface area contributed by atoms with Gasteiger partial charge in [0.05, 0.1) is 12.8 Å². The molecule has 1 aliphatic rings. The smallest absolute Gasteiger partial charge is 0.160 e. The maximum absolute atomic E-state index is 5.80. The van der Waals surface area contributed by atoms with Gasteiger partial charge in [0.2, 0.25) is 0 Å². The second kappa shape index (κ2) is 5.56. The lowest BCUT2D eigenvalue weighted by Gasteiger charge is -2.43. The van der Waals surface area contributed by atoms with Crippen LogP contribution in [0.2, 0.25) is 0 Å². The lowest BCUT2D eigenvalue weighted by Crippen LogP contribution is -2.34. The molecule has 0 saturated heterocycles. The summed E-state index contributed by atoms with van der Waals surface area (Å²) < 4.78 is 8.10. The minimum absolute atomic E-state index is 0.452. The molecule has 2 aromatic heterocycles. The zero-order valence-electron chi connectivity index (χ0n) is 14.4. The Bertz CT molecular complexity index is 664. The summed E-state index contributed by atoms with van der Waals surface area (Å²) in [6, 6.07) is 2.57. The van der Waals surface area contributed by atoms with E-state index in [-0.39, 0.29) is 0 Å². The molecule has 1 saturated carbocycles. The Hall–Kier alpha value is -1.58. The third kappa shape index (κ3) is 2.96. The monoisotopic (exact) mass is 301 g/mol. The lowest BCUT2D eigenvalue weighted by molar-refractivity contribution is 0.105. The summed E-state index contributed by atoms with van der Waals surface area (Å²) in [6.45, 7) is 11.9. The van der Waals surface area contributed by atoms with Crippen molar-refractivity contribution in [3.05, 3.63) is 18.1 Å². The van der Waals surface area contributed by atoms with Gasteiger partial charge in [-0.1, -0.05) is 27.7 Å². The standard InChI is InChI=1S/C18H27N3O/c1-12(2)6-7-22-15-8-16-17(19-11-15)21(13(3)20-16)14-9-18(4,5)10-14/h8,11-12,14H,6-7,9-10H2,1-5H3. The third-order valence-electron chi connectivity index (χ3n) is 4.59. The van der Waals surface area contributed by atoms with E-state index in [2.05, 4.69) is 49.2 Å². The molecular weight excluding hydrogens is 274 g/mol. The molecule has 3 rings (SSSR count). The first-order valence-corrected chi connectivity index (χ1v) is 8.33. The number of imidazole rings is 1. The molecule has 1 aliphatic carbocycles. The summed E-state index contributed by atoms with van der Waals surface area (Å²) in [5, 5.41) is 0. The molecule has 2 aromatic rings. The average Bonchev–Trinajstić information content (AvgIpc) is 2.70. The van der Waals surface area contributed by atoms with Crippen molar-refractivity contribution in [3.8, 4) is 5.75 Å². The van der Waals surface area contributed by atoms with Gasteiger partial charge < -0.3 is 9.30 Å². The summed E-state index contributed by atoms with van der Waals surface area (Å²) in [5.74, 6) is 2.54. The quantitative estimate of drug-likeness (QED) is 0.815. The summed E-state index contributed by atoms with van der Waals surface area (Å²) in [7, 11) is 0. The molecule has 4 heteroatoms. The van der Waals surface area contributed by atoms with E-state index in [1.807, 2.05) is 12.3 Å². The van der Waals surface area contributed by atoms with Crippen molar-refractivity contribution in [1.82, 2.24) is 14.5 Å². The molecule has 1 fully saturated rings. The van der Waals surface area contributed by atoms with Crippen LogP contribution in [-0.4, -0.2) is 21.1 Å². The van der Waals surface area contributed by atoms with Crippen molar-refractivity contribution >= 4 is 11.2 Å². The Balaban J connectivity index is 1.80. The van der Waals surface area contributed by atoms with Crippen molar-refractivity contribution in [1.29, 1.82) is 0 Å². The van der Waals surface area contributed by atoms with Crippen molar-refractivity contribution in [2.45, 2.75) is 59.9 Å². The van der Waals surface area contributed by atoms with Gasteiger partial charge in [0.1, 0.15) is 17.1 Å². The van der Waals surface area contributed by atoms with Crippen LogP contribution in [-0.2, 0) is 0 Å². The molecule has 0 spiro atoms. The van der Waals surface area contributed by atoms with Gasteiger partial charge in [-0.15, -0.1) is 0 Å². The molecule has 0 aliphatic heterocycles. The van der Waals surface area contributed by atoms with Crippen molar-refractivity contribution < 1.29 is 4.74 Å². The highest BCUT2D eigenvalue weighted by atomic mass is 16.5. The normalized spacial score (nSPS) is 17.9. The van der Waals surface area contributed by atoms with E-state index in [0.29, 0.717) is 17.4 Å². The summed E-state index contributed by atoms with van der Waals surface area (Å²) in [4.78, 5) is 9.31. The van der Waals surface area contributed by atoms with Crippen LogP contribution in [0.4, 0.5) is 0 Å².